The second-order valence-corrected chi connectivity index (χ2v) is 4.89. The molecule has 1 aromatic heterocycles. The molecule has 2 rings (SSSR count). The fourth-order valence-electron chi connectivity index (χ4n) is 2.68. The van der Waals surface area contributed by atoms with Crippen molar-refractivity contribution in [1.29, 1.82) is 0 Å². The molecule has 2 nitrogen and oxygen atoms in total. The Morgan fingerprint density at radius 2 is 1.82 bits per heavy atom. The van der Waals surface area contributed by atoms with Gasteiger partial charge in [0.2, 0.25) is 0 Å². The fourth-order valence-corrected chi connectivity index (χ4v) is 2.68. The lowest BCUT2D eigenvalue weighted by Gasteiger charge is -2.07. The summed E-state index contributed by atoms with van der Waals surface area (Å²) in [6, 6.07) is 4.49. The number of benzene rings is 1. The molecule has 0 bridgehead atoms. The van der Waals surface area contributed by atoms with Crippen molar-refractivity contribution in [1.82, 2.24) is 9.88 Å². The Balaban J connectivity index is 2.67. The molecule has 92 valence electrons. The molecule has 2 heteroatoms. The van der Waals surface area contributed by atoms with Crippen LogP contribution in [0.3, 0.4) is 0 Å². The Morgan fingerprint density at radius 3 is 2.47 bits per heavy atom. The van der Waals surface area contributed by atoms with Crippen LogP contribution in [-0.2, 0) is 13.5 Å². The molecule has 17 heavy (non-hydrogen) atoms. The topological polar surface area (TPSA) is 17.0 Å². The van der Waals surface area contributed by atoms with Crippen LogP contribution in [0.25, 0.3) is 10.9 Å². The van der Waals surface area contributed by atoms with Crippen LogP contribution in [0.4, 0.5) is 0 Å². The largest absolute Gasteiger partial charge is 0.347 e. The number of nitrogens with one attached hydrogen (secondary N) is 1. The Bertz CT molecular complexity index is 550. The van der Waals surface area contributed by atoms with Gasteiger partial charge in [0.05, 0.1) is 5.52 Å². The summed E-state index contributed by atoms with van der Waals surface area (Å²) in [5.74, 6) is 0. The fraction of sp³-hybridized carbons (Fsp3) is 0.467. The normalized spacial score (nSPS) is 11.4. The zero-order chi connectivity index (χ0) is 12.6. The van der Waals surface area contributed by atoms with E-state index >= 15 is 0 Å². The van der Waals surface area contributed by atoms with Gasteiger partial charge in [0.15, 0.2) is 0 Å². The molecule has 2 aromatic rings. The quantitative estimate of drug-likeness (QED) is 0.858. The molecular formula is C15H22N2. The van der Waals surface area contributed by atoms with E-state index in [1.165, 1.54) is 33.3 Å². The SMILES string of the molecule is CNCCc1c(C)c2ccc(C)c(C)c2n1C. The van der Waals surface area contributed by atoms with Crippen molar-refractivity contribution in [3.63, 3.8) is 0 Å². The Hall–Kier alpha value is -1.28. The highest BCUT2D eigenvalue weighted by molar-refractivity contribution is 5.88. The average Bonchev–Trinajstić information content (AvgIpc) is 2.55. The van der Waals surface area contributed by atoms with E-state index in [2.05, 4.69) is 49.8 Å². The predicted molar refractivity (Wildman–Crippen MR) is 74.8 cm³/mol. The van der Waals surface area contributed by atoms with Gasteiger partial charge < -0.3 is 9.88 Å². The monoisotopic (exact) mass is 230 g/mol. The second-order valence-electron chi connectivity index (χ2n) is 4.89. The minimum absolute atomic E-state index is 1.03. The number of aryl methyl sites for hydroxylation is 4. The van der Waals surface area contributed by atoms with E-state index in [0.717, 1.165) is 13.0 Å². The van der Waals surface area contributed by atoms with Crippen LogP contribution in [0.15, 0.2) is 12.1 Å². The summed E-state index contributed by atoms with van der Waals surface area (Å²) >= 11 is 0. The molecule has 0 unspecified atom stereocenters. The highest BCUT2D eigenvalue weighted by Crippen LogP contribution is 2.29. The first-order valence-corrected chi connectivity index (χ1v) is 6.26. The highest BCUT2D eigenvalue weighted by Gasteiger charge is 2.13. The lowest BCUT2D eigenvalue weighted by molar-refractivity contribution is 0.741. The molecule has 0 aliphatic carbocycles. The van der Waals surface area contributed by atoms with Crippen LogP contribution in [0, 0.1) is 20.8 Å². The molecule has 0 radical (unpaired) electrons. The molecule has 0 amide bonds. The predicted octanol–water partition coefficient (Wildman–Crippen LogP) is 2.87. The van der Waals surface area contributed by atoms with Crippen LogP contribution in [0.1, 0.15) is 22.4 Å². The Morgan fingerprint density at radius 1 is 1.12 bits per heavy atom. The van der Waals surface area contributed by atoms with Crippen molar-refractivity contribution in [3.8, 4) is 0 Å². The van der Waals surface area contributed by atoms with Gasteiger partial charge in [0.1, 0.15) is 0 Å². The van der Waals surface area contributed by atoms with Crippen molar-refractivity contribution in [2.75, 3.05) is 13.6 Å². The van der Waals surface area contributed by atoms with Crippen molar-refractivity contribution in [3.05, 3.63) is 34.5 Å². The number of fused-ring (bicyclic) bond motifs is 1. The molecular weight excluding hydrogens is 208 g/mol. The van der Waals surface area contributed by atoms with Gasteiger partial charge in [0.25, 0.3) is 0 Å². The third kappa shape index (κ3) is 1.87. The number of nitrogens with zero attached hydrogens (tertiary/aromatic N) is 1. The summed E-state index contributed by atoms with van der Waals surface area (Å²) in [5, 5.41) is 4.63. The van der Waals surface area contributed by atoms with Crippen molar-refractivity contribution >= 4 is 10.9 Å². The summed E-state index contributed by atoms with van der Waals surface area (Å²) in [4.78, 5) is 0. The van der Waals surface area contributed by atoms with E-state index < -0.39 is 0 Å². The van der Waals surface area contributed by atoms with Crippen LogP contribution in [-0.4, -0.2) is 18.2 Å². The number of hydrogen-bond donors (Lipinski definition) is 1. The number of aromatic nitrogens is 1. The summed E-state index contributed by atoms with van der Waals surface area (Å²) in [6.45, 7) is 7.68. The molecule has 0 spiro atoms. The standard InChI is InChI=1S/C15H22N2/c1-10-6-7-13-12(3)14(8-9-16-4)17(5)15(13)11(10)2/h6-7,16H,8-9H2,1-5H3. The lowest BCUT2D eigenvalue weighted by Crippen LogP contribution is -2.13. The van der Waals surface area contributed by atoms with Crippen LogP contribution in [0.5, 0.6) is 0 Å². The Kier molecular flexibility index (Phi) is 3.25. The lowest BCUT2D eigenvalue weighted by atomic mass is 10.0. The number of hydrogen-bond acceptors (Lipinski definition) is 1. The smallest absolute Gasteiger partial charge is 0.0515 e. The zero-order valence-electron chi connectivity index (χ0n) is 11.5. The van der Waals surface area contributed by atoms with Gasteiger partial charge in [-0.25, -0.2) is 0 Å². The van der Waals surface area contributed by atoms with Gasteiger partial charge in [-0.2, -0.15) is 0 Å². The van der Waals surface area contributed by atoms with Crippen molar-refractivity contribution in [2.45, 2.75) is 27.2 Å². The average molecular weight is 230 g/mol. The number of rotatable bonds is 3. The molecule has 1 heterocycles. The molecule has 0 aliphatic heterocycles. The molecule has 0 saturated heterocycles. The van der Waals surface area contributed by atoms with Gasteiger partial charge >= 0.3 is 0 Å². The Labute approximate surface area is 104 Å². The van der Waals surface area contributed by atoms with E-state index in [9.17, 15) is 0 Å². The van der Waals surface area contributed by atoms with Gasteiger partial charge in [0, 0.05) is 31.1 Å². The van der Waals surface area contributed by atoms with Crippen molar-refractivity contribution in [2.24, 2.45) is 7.05 Å². The summed E-state index contributed by atoms with van der Waals surface area (Å²) < 4.78 is 2.37. The van der Waals surface area contributed by atoms with E-state index in [1.807, 2.05) is 7.05 Å². The van der Waals surface area contributed by atoms with E-state index in [-0.39, 0.29) is 0 Å². The first kappa shape index (κ1) is 12.2. The van der Waals surface area contributed by atoms with Gasteiger partial charge in [-0.15, -0.1) is 0 Å². The maximum absolute atomic E-state index is 3.23. The third-order valence-corrected chi connectivity index (χ3v) is 3.89. The summed E-state index contributed by atoms with van der Waals surface area (Å²) in [6.07, 6.45) is 1.09. The van der Waals surface area contributed by atoms with Crippen LogP contribution >= 0.6 is 0 Å². The first-order chi connectivity index (χ1) is 8.07. The highest BCUT2D eigenvalue weighted by atomic mass is 15.0. The molecule has 1 aromatic carbocycles. The number of likely N-dealkylation sites (N-methyl/N-ethyl adjacent to an activating group) is 1. The van der Waals surface area contributed by atoms with Gasteiger partial charge in [-0.3, -0.25) is 0 Å². The van der Waals surface area contributed by atoms with Crippen LogP contribution in [0.2, 0.25) is 0 Å². The molecule has 0 fully saturated rings. The van der Waals surface area contributed by atoms with E-state index in [1.54, 1.807) is 0 Å². The van der Waals surface area contributed by atoms with Gasteiger partial charge in [-0.05, 0) is 44.5 Å². The van der Waals surface area contributed by atoms with E-state index in [4.69, 9.17) is 0 Å². The second kappa shape index (κ2) is 4.53. The third-order valence-electron chi connectivity index (χ3n) is 3.89. The van der Waals surface area contributed by atoms with Crippen LogP contribution < -0.4 is 5.32 Å². The minimum Gasteiger partial charge on any atom is -0.347 e. The van der Waals surface area contributed by atoms with Gasteiger partial charge in [-0.1, -0.05) is 12.1 Å². The summed E-state index contributed by atoms with van der Waals surface area (Å²) in [5.41, 5.74) is 7.06. The molecule has 1 N–H and O–H groups in total. The maximum atomic E-state index is 3.23. The van der Waals surface area contributed by atoms with E-state index in [0.29, 0.717) is 0 Å². The zero-order valence-corrected chi connectivity index (χ0v) is 11.5. The minimum atomic E-state index is 1.03. The summed E-state index contributed by atoms with van der Waals surface area (Å²) in [7, 11) is 4.19. The maximum Gasteiger partial charge on any atom is 0.0515 e. The molecule has 0 aliphatic rings. The molecule has 0 atom stereocenters. The first-order valence-electron chi connectivity index (χ1n) is 6.26. The molecule has 0 saturated carbocycles. The van der Waals surface area contributed by atoms with Crippen molar-refractivity contribution < 1.29 is 0 Å².